The third-order valence-electron chi connectivity index (χ3n) is 2.82. The van der Waals surface area contributed by atoms with Crippen molar-refractivity contribution in [2.24, 2.45) is 0 Å². The number of aromatic nitrogens is 2. The third-order valence-corrected chi connectivity index (χ3v) is 3.71. The Kier molecular flexibility index (Phi) is 2.86. The third kappa shape index (κ3) is 2.02. The van der Waals surface area contributed by atoms with E-state index in [9.17, 15) is 0 Å². The lowest BCUT2D eigenvalue weighted by atomic mass is 10.2. The van der Waals surface area contributed by atoms with E-state index in [1.54, 1.807) is 11.3 Å². The van der Waals surface area contributed by atoms with Crippen LogP contribution in [-0.4, -0.2) is 17.0 Å². The van der Waals surface area contributed by atoms with Crippen LogP contribution < -0.4 is 5.32 Å². The number of thiazole rings is 1. The van der Waals surface area contributed by atoms with Crippen molar-refractivity contribution in [3.63, 3.8) is 0 Å². The standard InChI is InChI=1S/C14H13N3S/c1-15-12-4-2-10(3-5-12)14-17-13(9-18-14)11-6-7-16-8-11/h2-9,15-16H,1H3. The minimum absolute atomic E-state index is 1.02. The Bertz CT molecular complexity index is 623. The lowest BCUT2D eigenvalue weighted by Crippen LogP contribution is -1.86. The molecule has 2 N–H and O–H groups in total. The van der Waals surface area contributed by atoms with Gasteiger partial charge in [0.05, 0.1) is 5.69 Å². The second kappa shape index (κ2) is 4.66. The number of benzene rings is 1. The van der Waals surface area contributed by atoms with Crippen molar-refractivity contribution in [1.29, 1.82) is 0 Å². The van der Waals surface area contributed by atoms with Gasteiger partial charge in [0, 0.05) is 41.6 Å². The summed E-state index contributed by atoms with van der Waals surface area (Å²) in [6.45, 7) is 0. The molecule has 3 rings (SSSR count). The minimum atomic E-state index is 1.02. The monoisotopic (exact) mass is 255 g/mol. The van der Waals surface area contributed by atoms with E-state index >= 15 is 0 Å². The molecule has 0 bridgehead atoms. The van der Waals surface area contributed by atoms with E-state index in [1.807, 2.05) is 25.5 Å². The first-order valence-electron chi connectivity index (χ1n) is 5.74. The topological polar surface area (TPSA) is 40.7 Å². The molecule has 0 atom stereocenters. The zero-order chi connectivity index (χ0) is 12.4. The summed E-state index contributed by atoms with van der Waals surface area (Å²) in [6, 6.07) is 10.3. The quantitative estimate of drug-likeness (QED) is 0.746. The highest BCUT2D eigenvalue weighted by Crippen LogP contribution is 2.29. The highest BCUT2D eigenvalue weighted by atomic mass is 32.1. The number of nitrogens with zero attached hydrogens (tertiary/aromatic N) is 1. The van der Waals surface area contributed by atoms with E-state index < -0.39 is 0 Å². The molecule has 18 heavy (non-hydrogen) atoms. The van der Waals surface area contributed by atoms with Gasteiger partial charge in [-0.3, -0.25) is 0 Å². The fraction of sp³-hybridized carbons (Fsp3) is 0.0714. The van der Waals surface area contributed by atoms with E-state index in [4.69, 9.17) is 0 Å². The molecule has 1 aromatic carbocycles. The zero-order valence-electron chi connectivity index (χ0n) is 9.97. The lowest BCUT2D eigenvalue weighted by molar-refractivity contribution is 1.38. The molecule has 0 unspecified atom stereocenters. The summed E-state index contributed by atoms with van der Waals surface area (Å²) in [7, 11) is 1.92. The molecule has 0 aliphatic rings. The smallest absolute Gasteiger partial charge is 0.124 e. The average molecular weight is 255 g/mol. The Morgan fingerprint density at radius 3 is 2.61 bits per heavy atom. The first kappa shape index (κ1) is 11.0. The maximum Gasteiger partial charge on any atom is 0.124 e. The summed E-state index contributed by atoms with van der Waals surface area (Å²) in [5.74, 6) is 0. The van der Waals surface area contributed by atoms with Gasteiger partial charge in [0.25, 0.3) is 0 Å². The summed E-state index contributed by atoms with van der Waals surface area (Å²) in [5.41, 5.74) is 4.42. The molecule has 0 radical (unpaired) electrons. The first-order chi connectivity index (χ1) is 8.86. The largest absolute Gasteiger partial charge is 0.388 e. The van der Waals surface area contributed by atoms with Crippen molar-refractivity contribution < 1.29 is 0 Å². The Hall–Kier alpha value is -2.07. The van der Waals surface area contributed by atoms with Crippen molar-refractivity contribution in [1.82, 2.24) is 9.97 Å². The normalized spacial score (nSPS) is 10.5. The molecule has 0 saturated heterocycles. The molecular weight excluding hydrogens is 242 g/mol. The molecule has 0 fully saturated rings. The van der Waals surface area contributed by atoms with Gasteiger partial charge in [0.1, 0.15) is 5.01 Å². The van der Waals surface area contributed by atoms with Crippen molar-refractivity contribution in [3.8, 4) is 21.8 Å². The van der Waals surface area contributed by atoms with Crippen LogP contribution in [0, 0.1) is 0 Å². The fourth-order valence-electron chi connectivity index (χ4n) is 1.80. The maximum atomic E-state index is 4.66. The van der Waals surface area contributed by atoms with Crippen LogP contribution in [0.25, 0.3) is 21.8 Å². The number of H-pyrrole nitrogens is 1. The van der Waals surface area contributed by atoms with Crippen LogP contribution in [0.15, 0.2) is 48.1 Å². The van der Waals surface area contributed by atoms with Gasteiger partial charge in [-0.15, -0.1) is 11.3 Å². The fourth-order valence-corrected chi connectivity index (χ4v) is 2.64. The second-order valence-corrected chi connectivity index (χ2v) is 4.82. The minimum Gasteiger partial charge on any atom is -0.388 e. The Balaban J connectivity index is 1.92. The van der Waals surface area contributed by atoms with Gasteiger partial charge in [-0.1, -0.05) is 0 Å². The van der Waals surface area contributed by atoms with Crippen LogP contribution in [0.4, 0.5) is 5.69 Å². The predicted molar refractivity (Wildman–Crippen MR) is 76.9 cm³/mol. The molecule has 0 amide bonds. The number of hydrogen-bond acceptors (Lipinski definition) is 3. The van der Waals surface area contributed by atoms with Crippen molar-refractivity contribution in [2.75, 3.05) is 12.4 Å². The molecule has 2 heterocycles. The maximum absolute atomic E-state index is 4.66. The van der Waals surface area contributed by atoms with Gasteiger partial charge in [-0.2, -0.15) is 0 Å². The number of aromatic amines is 1. The molecule has 0 aliphatic carbocycles. The molecule has 3 nitrogen and oxygen atoms in total. The Labute approximate surface area is 110 Å². The van der Waals surface area contributed by atoms with Gasteiger partial charge in [0.2, 0.25) is 0 Å². The number of nitrogens with one attached hydrogen (secondary N) is 2. The van der Waals surface area contributed by atoms with Crippen LogP contribution in [0.5, 0.6) is 0 Å². The van der Waals surface area contributed by atoms with Gasteiger partial charge < -0.3 is 10.3 Å². The Morgan fingerprint density at radius 1 is 1.11 bits per heavy atom. The van der Waals surface area contributed by atoms with Gasteiger partial charge in [-0.25, -0.2) is 4.98 Å². The highest BCUT2D eigenvalue weighted by molar-refractivity contribution is 7.13. The van der Waals surface area contributed by atoms with Crippen LogP contribution in [0.3, 0.4) is 0 Å². The average Bonchev–Trinajstić information content (AvgIpc) is 3.09. The van der Waals surface area contributed by atoms with Gasteiger partial charge >= 0.3 is 0 Å². The van der Waals surface area contributed by atoms with Gasteiger partial charge in [0.15, 0.2) is 0 Å². The second-order valence-electron chi connectivity index (χ2n) is 3.96. The van der Waals surface area contributed by atoms with Crippen LogP contribution in [0.1, 0.15) is 0 Å². The molecule has 0 aliphatic heterocycles. The molecule has 90 valence electrons. The number of anilines is 1. The molecular formula is C14H13N3S. The summed E-state index contributed by atoms with van der Waals surface area (Å²) >= 11 is 1.67. The summed E-state index contributed by atoms with van der Waals surface area (Å²) in [6.07, 6.45) is 3.87. The Morgan fingerprint density at radius 2 is 1.94 bits per heavy atom. The zero-order valence-corrected chi connectivity index (χ0v) is 10.8. The first-order valence-corrected chi connectivity index (χ1v) is 6.61. The van der Waals surface area contributed by atoms with Crippen molar-refractivity contribution >= 4 is 17.0 Å². The van der Waals surface area contributed by atoms with Crippen molar-refractivity contribution in [3.05, 3.63) is 48.1 Å². The molecule has 2 aromatic heterocycles. The van der Waals surface area contributed by atoms with Crippen LogP contribution in [-0.2, 0) is 0 Å². The molecule has 3 aromatic rings. The van der Waals surface area contributed by atoms with E-state index in [2.05, 4.69) is 44.9 Å². The highest BCUT2D eigenvalue weighted by Gasteiger charge is 2.06. The van der Waals surface area contributed by atoms with E-state index in [0.717, 1.165) is 27.5 Å². The van der Waals surface area contributed by atoms with Crippen molar-refractivity contribution in [2.45, 2.75) is 0 Å². The predicted octanol–water partition coefficient (Wildman–Crippen LogP) is 3.85. The van der Waals surface area contributed by atoms with Crippen LogP contribution >= 0.6 is 11.3 Å². The van der Waals surface area contributed by atoms with E-state index in [1.165, 1.54) is 0 Å². The summed E-state index contributed by atoms with van der Waals surface area (Å²) in [5, 5.41) is 6.25. The SMILES string of the molecule is CNc1ccc(-c2nc(-c3cc[nH]c3)cs2)cc1. The molecule has 0 spiro atoms. The molecule has 4 heteroatoms. The summed E-state index contributed by atoms with van der Waals surface area (Å²) in [4.78, 5) is 7.71. The van der Waals surface area contributed by atoms with E-state index in [0.29, 0.717) is 0 Å². The number of rotatable bonds is 3. The van der Waals surface area contributed by atoms with E-state index in [-0.39, 0.29) is 0 Å². The lowest BCUT2D eigenvalue weighted by Gasteiger charge is -2.00. The number of hydrogen-bond donors (Lipinski definition) is 2. The molecule has 0 saturated carbocycles. The summed E-state index contributed by atoms with van der Waals surface area (Å²) < 4.78 is 0. The van der Waals surface area contributed by atoms with Gasteiger partial charge in [-0.05, 0) is 30.3 Å². The van der Waals surface area contributed by atoms with Crippen LogP contribution in [0.2, 0.25) is 0 Å².